The number of rotatable bonds is 3. The van der Waals surface area contributed by atoms with Crippen molar-refractivity contribution in [3.05, 3.63) is 47.8 Å². The Morgan fingerprint density at radius 1 is 1.35 bits per heavy atom. The average Bonchev–Trinajstić information content (AvgIpc) is 2.83. The van der Waals surface area contributed by atoms with E-state index >= 15 is 0 Å². The van der Waals surface area contributed by atoms with Crippen LogP contribution in [0.5, 0.6) is 0 Å². The molecule has 0 bridgehead atoms. The molecule has 0 aliphatic heterocycles. The average molecular weight is 231 g/mol. The van der Waals surface area contributed by atoms with Crippen molar-refractivity contribution >= 4 is 11.6 Å². The second-order valence-electron chi connectivity index (χ2n) is 3.72. The lowest BCUT2D eigenvalue weighted by atomic mass is 10.1. The van der Waals surface area contributed by atoms with E-state index in [0.717, 1.165) is 5.56 Å². The van der Waals surface area contributed by atoms with Gasteiger partial charge in [0.2, 0.25) is 0 Å². The summed E-state index contributed by atoms with van der Waals surface area (Å²) in [6.45, 7) is 1.69. The Balaban J connectivity index is 2.07. The van der Waals surface area contributed by atoms with Crippen LogP contribution >= 0.6 is 0 Å². The first-order chi connectivity index (χ1) is 8.16. The van der Waals surface area contributed by atoms with Gasteiger partial charge in [0.15, 0.2) is 0 Å². The number of H-pyrrole nitrogens is 1. The first-order valence-corrected chi connectivity index (χ1v) is 5.25. The third-order valence-electron chi connectivity index (χ3n) is 2.40. The normalized spacial score (nSPS) is 12.1. The van der Waals surface area contributed by atoms with E-state index in [4.69, 9.17) is 0 Å². The van der Waals surface area contributed by atoms with Crippen molar-refractivity contribution in [1.29, 1.82) is 0 Å². The Hall–Kier alpha value is -2.14. The molecule has 2 aromatic rings. The first kappa shape index (κ1) is 11.3. The van der Waals surface area contributed by atoms with Crippen LogP contribution in [0.4, 0.5) is 5.69 Å². The SMILES string of the molecule is CC(O)c1ccc(NC(=O)c2ccn[nH]2)cc1. The maximum Gasteiger partial charge on any atom is 0.273 e. The zero-order valence-corrected chi connectivity index (χ0v) is 9.34. The minimum absolute atomic E-state index is 0.243. The molecular weight excluding hydrogens is 218 g/mol. The van der Waals surface area contributed by atoms with E-state index < -0.39 is 6.10 Å². The minimum Gasteiger partial charge on any atom is -0.389 e. The molecular formula is C12H13N3O2. The molecule has 0 radical (unpaired) electrons. The largest absolute Gasteiger partial charge is 0.389 e. The summed E-state index contributed by atoms with van der Waals surface area (Å²) in [5.41, 5.74) is 1.89. The quantitative estimate of drug-likeness (QED) is 0.752. The fraction of sp³-hybridized carbons (Fsp3) is 0.167. The molecule has 88 valence electrons. The van der Waals surface area contributed by atoms with Crippen LogP contribution in [0.2, 0.25) is 0 Å². The molecule has 5 heteroatoms. The molecule has 0 aliphatic rings. The van der Waals surface area contributed by atoms with E-state index in [9.17, 15) is 9.90 Å². The molecule has 1 heterocycles. The molecule has 0 aliphatic carbocycles. The predicted octanol–water partition coefficient (Wildman–Crippen LogP) is 1.72. The summed E-state index contributed by atoms with van der Waals surface area (Å²) in [6, 6.07) is 8.63. The smallest absolute Gasteiger partial charge is 0.273 e. The van der Waals surface area contributed by atoms with Crippen LogP contribution in [-0.4, -0.2) is 21.2 Å². The van der Waals surface area contributed by atoms with Crippen molar-refractivity contribution in [2.75, 3.05) is 5.32 Å². The number of carbonyl (C=O) groups is 1. The molecule has 5 nitrogen and oxygen atoms in total. The molecule has 0 fully saturated rings. The maximum absolute atomic E-state index is 11.7. The van der Waals surface area contributed by atoms with Gasteiger partial charge in [0, 0.05) is 11.9 Å². The van der Waals surface area contributed by atoms with E-state index in [1.54, 1.807) is 37.3 Å². The van der Waals surface area contributed by atoms with Gasteiger partial charge in [0.1, 0.15) is 5.69 Å². The number of benzene rings is 1. The standard InChI is InChI=1S/C12H13N3O2/c1-8(16)9-2-4-10(5-3-9)14-12(17)11-6-7-13-15-11/h2-8,16H,1H3,(H,13,15)(H,14,17). The highest BCUT2D eigenvalue weighted by Crippen LogP contribution is 2.15. The van der Waals surface area contributed by atoms with Gasteiger partial charge >= 0.3 is 0 Å². The Labute approximate surface area is 98.5 Å². The molecule has 1 aromatic carbocycles. The summed E-state index contributed by atoms with van der Waals surface area (Å²) in [5.74, 6) is -0.243. The highest BCUT2D eigenvalue weighted by molar-refractivity contribution is 6.02. The number of aromatic nitrogens is 2. The van der Waals surface area contributed by atoms with Gasteiger partial charge in [0.05, 0.1) is 6.10 Å². The van der Waals surface area contributed by atoms with Crippen molar-refractivity contribution in [3.8, 4) is 0 Å². The molecule has 0 saturated carbocycles. The second-order valence-corrected chi connectivity index (χ2v) is 3.72. The predicted molar refractivity (Wildman–Crippen MR) is 63.6 cm³/mol. The number of aromatic amines is 1. The number of aliphatic hydroxyl groups is 1. The second kappa shape index (κ2) is 4.80. The van der Waals surface area contributed by atoms with Crippen LogP contribution in [-0.2, 0) is 0 Å². The van der Waals surface area contributed by atoms with Crippen molar-refractivity contribution in [2.24, 2.45) is 0 Å². The van der Waals surface area contributed by atoms with Gasteiger partial charge in [-0.15, -0.1) is 0 Å². The molecule has 1 aromatic heterocycles. The van der Waals surface area contributed by atoms with Crippen LogP contribution in [0.1, 0.15) is 29.1 Å². The number of carbonyl (C=O) groups excluding carboxylic acids is 1. The first-order valence-electron chi connectivity index (χ1n) is 5.25. The lowest BCUT2D eigenvalue weighted by molar-refractivity contribution is 0.102. The Bertz CT molecular complexity index is 489. The van der Waals surface area contributed by atoms with Gasteiger partial charge in [-0.2, -0.15) is 5.10 Å². The molecule has 1 amide bonds. The summed E-state index contributed by atoms with van der Waals surface area (Å²) in [6.07, 6.45) is 1.01. The van der Waals surface area contributed by atoms with Gasteiger partial charge < -0.3 is 10.4 Å². The fourth-order valence-electron chi connectivity index (χ4n) is 1.43. The number of amides is 1. The molecule has 17 heavy (non-hydrogen) atoms. The van der Waals surface area contributed by atoms with E-state index in [1.165, 1.54) is 6.20 Å². The summed E-state index contributed by atoms with van der Waals surface area (Å²) < 4.78 is 0. The zero-order chi connectivity index (χ0) is 12.3. The third kappa shape index (κ3) is 2.70. The number of hydrogen-bond donors (Lipinski definition) is 3. The van der Waals surface area contributed by atoms with Crippen LogP contribution in [0.15, 0.2) is 36.5 Å². The minimum atomic E-state index is -0.507. The van der Waals surface area contributed by atoms with Gasteiger partial charge in [-0.05, 0) is 30.7 Å². The van der Waals surface area contributed by atoms with Gasteiger partial charge in [-0.1, -0.05) is 12.1 Å². The number of aliphatic hydroxyl groups excluding tert-OH is 1. The van der Waals surface area contributed by atoms with Crippen LogP contribution < -0.4 is 5.32 Å². The van der Waals surface area contributed by atoms with Gasteiger partial charge in [-0.25, -0.2) is 0 Å². The Morgan fingerprint density at radius 3 is 2.59 bits per heavy atom. The summed E-state index contributed by atoms with van der Waals surface area (Å²) in [7, 11) is 0. The number of hydrogen-bond acceptors (Lipinski definition) is 3. The summed E-state index contributed by atoms with van der Waals surface area (Å²) in [5, 5.41) is 18.4. The number of nitrogens with zero attached hydrogens (tertiary/aromatic N) is 1. The van der Waals surface area contributed by atoms with Crippen molar-refractivity contribution in [2.45, 2.75) is 13.0 Å². The van der Waals surface area contributed by atoms with E-state index in [-0.39, 0.29) is 5.91 Å². The molecule has 0 saturated heterocycles. The summed E-state index contributed by atoms with van der Waals surface area (Å²) >= 11 is 0. The molecule has 1 atom stereocenters. The molecule has 3 N–H and O–H groups in total. The van der Waals surface area contributed by atoms with Gasteiger partial charge in [-0.3, -0.25) is 9.89 Å². The van der Waals surface area contributed by atoms with Crippen LogP contribution in [0.3, 0.4) is 0 Å². The Morgan fingerprint density at radius 2 is 2.06 bits per heavy atom. The fourth-order valence-corrected chi connectivity index (χ4v) is 1.43. The Kier molecular flexibility index (Phi) is 3.20. The molecule has 2 rings (SSSR count). The van der Waals surface area contributed by atoms with E-state index in [1.807, 2.05) is 0 Å². The van der Waals surface area contributed by atoms with Crippen molar-refractivity contribution in [1.82, 2.24) is 10.2 Å². The number of anilines is 1. The highest BCUT2D eigenvalue weighted by Gasteiger charge is 2.07. The van der Waals surface area contributed by atoms with Crippen molar-refractivity contribution < 1.29 is 9.90 Å². The van der Waals surface area contributed by atoms with Crippen LogP contribution in [0.25, 0.3) is 0 Å². The van der Waals surface area contributed by atoms with Crippen LogP contribution in [0, 0.1) is 0 Å². The monoisotopic (exact) mass is 231 g/mol. The topological polar surface area (TPSA) is 78.0 Å². The lowest BCUT2D eigenvalue weighted by Gasteiger charge is -2.07. The van der Waals surface area contributed by atoms with Crippen molar-refractivity contribution in [3.63, 3.8) is 0 Å². The summed E-state index contributed by atoms with van der Waals surface area (Å²) in [4.78, 5) is 11.7. The van der Waals surface area contributed by atoms with E-state index in [2.05, 4.69) is 15.5 Å². The van der Waals surface area contributed by atoms with E-state index in [0.29, 0.717) is 11.4 Å². The molecule has 1 unspecified atom stereocenters. The van der Waals surface area contributed by atoms with Gasteiger partial charge in [0.25, 0.3) is 5.91 Å². The maximum atomic E-state index is 11.7. The molecule has 0 spiro atoms. The number of nitrogens with one attached hydrogen (secondary N) is 2. The third-order valence-corrected chi connectivity index (χ3v) is 2.40. The highest BCUT2D eigenvalue weighted by atomic mass is 16.3. The zero-order valence-electron chi connectivity index (χ0n) is 9.34. The lowest BCUT2D eigenvalue weighted by Crippen LogP contribution is -2.12.